The number of piperidine rings is 1. The standard InChI is InChI=1S/C17H30N2O3S/c1-3-23(21,22)18(2)16-6-8-19(9-7-16)17(20)12-15-11-13-4-5-14(15)10-13/h13-16H,3-12H2,1-2H3/t13-,14-,15+/m0/s1. The fraction of sp³-hybridized carbons (Fsp3) is 0.941. The van der Waals surface area contributed by atoms with Crippen molar-refractivity contribution in [3.63, 3.8) is 0 Å². The molecule has 0 unspecified atom stereocenters. The van der Waals surface area contributed by atoms with Gasteiger partial charge < -0.3 is 4.90 Å². The van der Waals surface area contributed by atoms with Crippen LogP contribution < -0.4 is 0 Å². The average molecular weight is 343 g/mol. The van der Waals surface area contributed by atoms with Gasteiger partial charge in [0.1, 0.15) is 0 Å². The molecule has 23 heavy (non-hydrogen) atoms. The first-order chi connectivity index (χ1) is 10.9. The van der Waals surface area contributed by atoms with Crippen molar-refractivity contribution in [3.8, 4) is 0 Å². The Labute approximate surface area is 140 Å². The van der Waals surface area contributed by atoms with Crippen molar-refractivity contribution in [1.29, 1.82) is 0 Å². The van der Waals surface area contributed by atoms with Crippen molar-refractivity contribution < 1.29 is 13.2 Å². The molecule has 1 heterocycles. The molecule has 132 valence electrons. The van der Waals surface area contributed by atoms with Crippen molar-refractivity contribution in [2.75, 3.05) is 25.9 Å². The second-order valence-corrected chi connectivity index (χ2v) is 9.98. The van der Waals surface area contributed by atoms with E-state index in [2.05, 4.69) is 0 Å². The second-order valence-electron chi connectivity index (χ2n) is 7.67. The Balaban J connectivity index is 1.48. The lowest BCUT2D eigenvalue weighted by Crippen LogP contribution is -2.47. The highest BCUT2D eigenvalue weighted by atomic mass is 32.2. The molecule has 0 aromatic carbocycles. The lowest BCUT2D eigenvalue weighted by molar-refractivity contribution is -0.133. The summed E-state index contributed by atoms with van der Waals surface area (Å²) in [7, 11) is -1.45. The second kappa shape index (κ2) is 6.71. The molecule has 2 aliphatic carbocycles. The zero-order valence-corrected chi connectivity index (χ0v) is 15.2. The minimum atomic E-state index is -3.13. The maximum Gasteiger partial charge on any atom is 0.222 e. The van der Waals surface area contributed by atoms with Gasteiger partial charge in [-0.05, 0) is 56.8 Å². The van der Waals surface area contributed by atoms with Crippen LogP contribution in [0.3, 0.4) is 0 Å². The van der Waals surface area contributed by atoms with E-state index in [0.29, 0.717) is 24.9 Å². The maximum atomic E-state index is 12.6. The van der Waals surface area contributed by atoms with E-state index in [0.717, 1.165) is 31.1 Å². The summed E-state index contributed by atoms with van der Waals surface area (Å²) in [5.74, 6) is 2.73. The van der Waals surface area contributed by atoms with Gasteiger partial charge in [0.15, 0.2) is 0 Å². The summed E-state index contributed by atoms with van der Waals surface area (Å²) < 4.78 is 25.4. The van der Waals surface area contributed by atoms with Crippen molar-refractivity contribution in [1.82, 2.24) is 9.21 Å². The van der Waals surface area contributed by atoms with Crippen LogP contribution in [0.15, 0.2) is 0 Å². The fourth-order valence-corrected chi connectivity index (χ4v) is 5.96. The van der Waals surface area contributed by atoms with Crippen molar-refractivity contribution in [3.05, 3.63) is 0 Å². The van der Waals surface area contributed by atoms with Gasteiger partial charge >= 0.3 is 0 Å². The van der Waals surface area contributed by atoms with Crippen molar-refractivity contribution in [2.45, 2.75) is 57.9 Å². The molecule has 0 radical (unpaired) electrons. The molecule has 0 aromatic rings. The molecule has 3 aliphatic rings. The third-order valence-electron chi connectivity index (χ3n) is 6.46. The van der Waals surface area contributed by atoms with Crippen LogP contribution in [0.2, 0.25) is 0 Å². The molecule has 0 aromatic heterocycles. The summed E-state index contributed by atoms with van der Waals surface area (Å²) in [5, 5.41) is 0. The van der Waals surface area contributed by atoms with Gasteiger partial charge in [-0.3, -0.25) is 4.79 Å². The van der Waals surface area contributed by atoms with Gasteiger partial charge in [-0.1, -0.05) is 6.42 Å². The summed E-state index contributed by atoms with van der Waals surface area (Å²) in [6.45, 7) is 3.08. The third-order valence-corrected chi connectivity index (χ3v) is 8.36. The molecular formula is C17H30N2O3S. The van der Waals surface area contributed by atoms with Crippen LogP contribution in [0.1, 0.15) is 51.9 Å². The number of sulfonamides is 1. The van der Waals surface area contributed by atoms with E-state index < -0.39 is 10.0 Å². The van der Waals surface area contributed by atoms with Gasteiger partial charge in [0.05, 0.1) is 5.75 Å². The monoisotopic (exact) mass is 342 g/mol. The summed E-state index contributed by atoms with van der Waals surface area (Å²) >= 11 is 0. The van der Waals surface area contributed by atoms with E-state index >= 15 is 0 Å². The van der Waals surface area contributed by atoms with E-state index in [9.17, 15) is 13.2 Å². The van der Waals surface area contributed by atoms with Crippen LogP contribution in [0.25, 0.3) is 0 Å². The van der Waals surface area contributed by atoms with Gasteiger partial charge in [0, 0.05) is 32.6 Å². The highest BCUT2D eigenvalue weighted by Gasteiger charge is 2.41. The number of carbonyl (C=O) groups excluding carboxylic acids is 1. The van der Waals surface area contributed by atoms with Crippen molar-refractivity contribution >= 4 is 15.9 Å². The fourth-order valence-electron chi connectivity index (χ4n) is 4.89. The number of hydrogen-bond donors (Lipinski definition) is 0. The Bertz CT molecular complexity index is 540. The molecule has 1 amide bonds. The molecule has 6 heteroatoms. The first kappa shape index (κ1) is 17.2. The molecule has 3 fully saturated rings. The lowest BCUT2D eigenvalue weighted by atomic mass is 9.86. The number of hydrogen-bond acceptors (Lipinski definition) is 3. The topological polar surface area (TPSA) is 57.7 Å². The van der Waals surface area contributed by atoms with Crippen LogP contribution in [0, 0.1) is 17.8 Å². The van der Waals surface area contributed by atoms with Crippen LogP contribution >= 0.6 is 0 Å². The summed E-state index contributed by atoms with van der Waals surface area (Å²) in [4.78, 5) is 14.5. The first-order valence-corrected chi connectivity index (χ1v) is 10.7. The molecule has 2 saturated carbocycles. The average Bonchev–Trinajstić information content (AvgIpc) is 3.17. The Morgan fingerprint density at radius 3 is 2.35 bits per heavy atom. The zero-order chi connectivity index (χ0) is 16.6. The van der Waals surface area contributed by atoms with E-state index in [-0.39, 0.29) is 11.8 Å². The van der Waals surface area contributed by atoms with Crippen LogP contribution in [-0.4, -0.2) is 55.5 Å². The molecule has 0 N–H and O–H groups in total. The summed E-state index contributed by atoms with van der Waals surface area (Å²) in [6, 6.07) is 0.0477. The number of fused-ring (bicyclic) bond motifs is 2. The molecule has 1 aliphatic heterocycles. The summed E-state index contributed by atoms with van der Waals surface area (Å²) in [6.07, 6.45) is 7.54. The number of amides is 1. The van der Waals surface area contributed by atoms with E-state index in [1.165, 1.54) is 30.0 Å². The van der Waals surface area contributed by atoms with Crippen LogP contribution in [-0.2, 0) is 14.8 Å². The minimum Gasteiger partial charge on any atom is -0.343 e. The van der Waals surface area contributed by atoms with Crippen LogP contribution in [0.4, 0.5) is 0 Å². The summed E-state index contributed by atoms with van der Waals surface area (Å²) in [5.41, 5.74) is 0. The zero-order valence-electron chi connectivity index (χ0n) is 14.4. The van der Waals surface area contributed by atoms with Crippen molar-refractivity contribution in [2.24, 2.45) is 17.8 Å². The Morgan fingerprint density at radius 2 is 1.83 bits per heavy atom. The van der Waals surface area contributed by atoms with Gasteiger partial charge in [-0.15, -0.1) is 0 Å². The first-order valence-electron chi connectivity index (χ1n) is 9.14. The molecule has 1 saturated heterocycles. The SMILES string of the molecule is CCS(=O)(=O)N(C)C1CCN(C(=O)C[C@H]2C[C@H]3CC[C@H]2C3)CC1. The normalized spacial score (nSPS) is 32.0. The quantitative estimate of drug-likeness (QED) is 0.769. The largest absolute Gasteiger partial charge is 0.343 e. The van der Waals surface area contributed by atoms with Gasteiger partial charge in [0.25, 0.3) is 0 Å². The van der Waals surface area contributed by atoms with E-state index in [1.807, 2.05) is 4.90 Å². The number of likely N-dealkylation sites (tertiary alicyclic amines) is 1. The molecular weight excluding hydrogens is 312 g/mol. The maximum absolute atomic E-state index is 12.6. The van der Waals surface area contributed by atoms with Crippen LogP contribution in [0.5, 0.6) is 0 Å². The highest BCUT2D eigenvalue weighted by molar-refractivity contribution is 7.89. The Kier molecular flexibility index (Phi) is 5.02. The predicted molar refractivity (Wildman–Crippen MR) is 90.4 cm³/mol. The molecule has 5 nitrogen and oxygen atoms in total. The van der Waals surface area contributed by atoms with E-state index in [1.54, 1.807) is 14.0 Å². The van der Waals surface area contributed by atoms with Gasteiger partial charge in [-0.2, -0.15) is 0 Å². The lowest BCUT2D eigenvalue weighted by Gasteiger charge is -2.36. The predicted octanol–water partition coefficient (Wildman–Crippen LogP) is 2.09. The molecule has 3 rings (SSSR count). The number of nitrogens with zero attached hydrogens (tertiary/aromatic N) is 2. The Hall–Kier alpha value is -0.620. The number of rotatable bonds is 5. The smallest absolute Gasteiger partial charge is 0.222 e. The number of carbonyl (C=O) groups is 1. The molecule has 3 atom stereocenters. The third kappa shape index (κ3) is 3.58. The highest BCUT2D eigenvalue weighted by Crippen LogP contribution is 2.49. The molecule has 2 bridgehead atoms. The van der Waals surface area contributed by atoms with E-state index in [4.69, 9.17) is 0 Å². The van der Waals surface area contributed by atoms with Gasteiger partial charge in [-0.25, -0.2) is 12.7 Å². The van der Waals surface area contributed by atoms with Gasteiger partial charge in [0.2, 0.25) is 15.9 Å². The molecule has 0 spiro atoms. The Morgan fingerprint density at radius 1 is 1.13 bits per heavy atom. The minimum absolute atomic E-state index is 0.0477.